The van der Waals surface area contributed by atoms with Crippen LogP contribution in [0.4, 0.5) is 23.0 Å². The van der Waals surface area contributed by atoms with E-state index in [1.165, 1.54) is 6.33 Å². The molecule has 1 aromatic heterocycles. The summed E-state index contributed by atoms with van der Waals surface area (Å²) in [5, 5.41) is 27.4. The number of para-hydroxylation sites is 1. The van der Waals surface area contributed by atoms with Crippen molar-refractivity contribution >= 4 is 23.0 Å². The first kappa shape index (κ1) is 18.9. The molecular weight excluding hydrogens is 362 g/mol. The average Bonchev–Trinajstić information content (AvgIpc) is 3.24. The molecule has 1 aromatic carbocycles. The van der Waals surface area contributed by atoms with Crippen LogP contribution in [0.5, 0.6) is 0 Å². The van der Waals surface area contributed by atoms with E-state index in [2.05, 4.69) is 20.6 Å². The maximum Gasteiger partial charge on any atom is 0.162 e. The number of benzene rings is 1. The number of aliphatic hydroxyl groups is 2. The van der Waals surface area contributed by atoms with Crippen LogP contribution in [0.1, 0.15) is 13.8 Å². The summed E-state index contributed by atoms with van der Waals surface area (Å²) in [4.78, 5) is 10.5. The van der Waals surface area contributed by atoms with Crippen LogP contribution in [-0.4, -0.2) is 64.1 Å². The van der Waals surface area contributed by atoms with E-state index in [-0.39, 0.29) is 12.7 Å². The van der Waals surface area contributed by atoms with Gasteiger partial charge in [-0.2, -0.15) is 0 Å². The first-order valence-electron chi connectivity index (χ1n) is 9.35. The number of rotatable bonds is 6. The van der Waals surface area contributed by atoms with E-state index >= 15 is 0 Å². The van der Waals surface area contributed by atoms with Crippen LogP contribution in [0.3, 0.4) is 0 Å². The minimum Gasteiger partial charge on any atom is -0.387 e. The fraction of sp³-hybridized carbons (Fsp3) is 0.474. The van der Waals surface area contributed by atoms with E-state index in [4.69, 9.17) is 9.47 Å². The Hall–Kier alpha value is -2.46. The zero-order valence-electron chi connectivity index (χ0n) is 15.8. The van der Waals surface area contributed by atoms with Gasteiger partial charge in [0.2, 0.25) is 0 Å². The second kappa shape index (κ2) is 7.88. The molecule has 2 aromatic rings. The largest absolute Gasteiger partial charge is 0.387 e. The Kier molecular flexibility index (Phi) is 5.31. The van der Waals surface area contributed by atoms with Crippen LogP contribution >= 0.6 is 0 Å². The van der Waals surface area contributed by atoms with Crippen molar-refractivity contribution in [3.05, 3.63) is 36.7 Å². The van der Waals surface area contributed by atoms with Gasteiger partial charge >= 0.3 is 0 Å². The quantitative estimate of drug-likeness (QED) is 0.582. The molecule has 0 radical (unpaired) electrons. The number of anilines is 4. The maximum absolute atomic E-state index is 10.5. The van der Waals surface area contributed by atoms with Gasteiger partial charge in [-0.1, -0.05) is 18.2 Å². The van der Waals surface area contributed by atoms with Crippen LogP contribution in [0, 0.1) is 0 Å². The lowest BCUT2D eigenvalue weighted by atomic mass is 10.1. The van der Waals surface area contributed by atoms with Crippen LogP contribution in [0.2, 0.25) is 0 Å². The number of aromatic nitrogens is 2. The Bertz CT molecular complexity index is 806. The highest BCUT2D eigenvalue weighted by atomic mass is 16.6. The summed E-state index contributed by atoms with van der Waals surface area (Å²) in [6.07, 6.45) is -1.97. The highest BCUT2D eigenvalue weighted by Crippen LogP contribution is 2.39. The van der Waals surface area contributed by atoms with E-state index in [1.54, 1.807) is 4.90 Å². The summed E-state index contributed by atoms with van der Waals surface area (Å²) in [6.45, 7) is 4.41. The molecule has 0 bridgehead atoms. The lowest BCUT2D eigenvalue weighted by Crippen LogP contribution is -2.44. The van der Waals surface area contributed by atoms with E-state index < -0.39 is 24.5 Å². The fourth-order valence-corrected chi connectivity index (χ4v) is 3.37. The molecule has 1 fully saturated rings. The molecule has 150 valence electrons. The SMILES string of the molecule is CC(C)OC[C@H]1O[C@@H](N2CNc3c(Nc4ccccc4)ncnc32)[C@H](O)[C@@H]1O. The Morgan fingerprint density at radius 2 is 2.04 bits per heavy atom. The number of hydrogen-bond donors (Lipinski definition) is 4. The van der Waals surface area contributed by atoms with Crippen molar-refractivity contribution in [2.75, 3.05) is 28.8 Å². The van der Waals surface area contributed by atoms with Crippen molar-refractivity contribution < 1.29 is 19.7 Å². The molecule has 4 rings (SSSR count). The molecule has 1 saturated heterocycles. The van der Waals surface area contributed by atoms with Crippen LogP contribution in [-0.2, 0) is 9.47 Å². The normalized spacial score (nSPS) is 26.4. The Labute approximate surface area is 163 Å². The molecule has 3 heterocycles. The molecule has 0 amide bonds. The molecule has 4 atom stereocenters. The summed E-state index contributed by atoms with van der Waals surface area (Å²) < 4.78 is 11.5. The highest BCUT2D eigenvalue weighted by Gasteiger charge is 2.47. The van der Waals surface area contributed by atoms with Crippen LogP contribution < -0.4 is 15.5 Å². The molecule has 2 aliphatic rings. The topological polar surface area (TPSA) is 112 Å². The van der Waals surface area contributed by atoms with Gasteiger partial charge in [-0.3, -0.25) is 0 Å². The van der Waals surface area contributed by atoms with Crippen molar-refractivity contribution in [2.24, 2.45) is 0 Å². The summed E-state index contributed by atoms with van der Waals surface area (Å²) >= 11 is 0. The smallest absolute Gasteiger partial charge is 0.162 e. The van der Waals surface area contributed by atoms with Gasteiger partial charge in [0.05, 0.1) is 19.4 Å². The number of aliphatic hydroxyl groups excluding tert-OH is 2. The van der Waals surface area contributed by atoms with Gasteiger partial charge in [-0.25, -0.2) is 9.97 Å². The molecule has 2 aliphatic heterocycles. The summed E-state index contributed by atoms with van der Waals surface area (Å²) in [6, 6.07) is 9.71. The van der Waals surface area contributed by atoms with Gasteiger partial charge in [0, 0.05) is 5.69 Å². The molecule has 0 spiro atoms. The predicted octanol–water partition coefficient (Wildman–Crippen LogP) is 1.28. The Balaban J connectivity index is 1.52. The third-order valence-corrected chi connectivity index (χ3v) is 4.80. The van der Waals surface area contributed by atoms with Gasteiger partial charge in [0.15, 0.2) is 17.9 Å². The standard InChI is InChI=1S/C19H25N5O4/c1-11(2)27-8-13-15(25)16(26)19(28-13)24-10-22-14-17(20-9-21-18(14)24)23-12-6-4-3-5-7-12/h3-7,9,11,13,15-16,19,22,25-26H,8,10H2,1-2H3,(H,20,21,23)/t13-,15-,16-,19-/m1/s1. The minimum atomic E-state index is -1.07. The number of fused-ring (bicyclic) bond motifs is 1. The lowest BCUT2D eigenvalue weighted by molar-refractivity contribution is -0.0582. The first-order valence-corrected chi connectivity index (χ1v) is 9.35. The minimum absolute atomic E-state index is 0.0144. The van der Waals surface area contributed by atoms with E-state index in [0.717, 1.165) is 11.4 Å². The first-order chi connectivity index (χ1) is 13.5. The van der Waals surface area contributed by atoms with Gasteiger partial charge < -0.3 is 35.2 Å². The second-order valence-electron chi connectivity index (χ2n) is 7.14. The van der Waals surface area contributed by atoms with Crippen LogP contribution in [0.25, 0.3) is 0 Å². The van der Waals surface area contributed by atoms with Crippen molar-refractivity contribution in [1.82, 2.24) is 9.97 Å². The third-order valence-electron chi connectivity index (χ3n) is 4.80. The van der Waals surface area contributed by atoms with Crippen molar-refractivity contribution in [2.45, 2.75) is 44.5 Å². The number of nitrogens with one attached hydrogen (secondary N) is 2. The molecule has 28 heavy (non-hydrogen) atoms. The zero-order valence-corrected chi connectivity index (χ0v) is 15.8. The molecule has 0 aliphatic carbocycles. The third kappa shape index (κ3) is 3.61. The monoisotopic (exact) mass is 387 g/mol. The average molecular weight is 387 g/mol. The Morgan fingerprint density at radius 3 is 2.79 bits per heavy atom. The molecular formula is C19H25N5O4. The zero-order chi connectivity index (χ0) is 19.7. The van der Waals surface area contributed by atoms with Crippen LogP contribution in [0.15, 0.2) is 36.7 Å². The van der Waals surface area contributed by atoms with Gasteiger partial charge in [-0.05, 0) is 26.0 Å². The molecule has 9 nitrogen and oxygen atoms in total. The van der Waals surface area contributed by atoms with Gasteiger partial charge in [0.1, 0.15) is 30.3 Å². The summed E-state index contributed by atoms with van der Waals surface area (Å²) in [5.41, 5.74) is 1.63. The number of hydrogen-bond acceptors (Lipinski definition) is 9. The van der Waals surface area contributed by atoms with E-state index in [0.29, 0.717) is 18.3 Å². The summed E-state index contributed by atoms with van der Waals surface area (Å²) in [5.74, 6) is 1.24. The van der Waals surface area contributed by atoms with Gasteiger partial charge in [0.25, 0.3) is 0 Å². The number of ether oxygens (including phenoxy) is 2. The molecule has 4 N–H and O–H groups in total. The Morgan fingerprint density at radius 1 is 1.25 bits per heavy atom. The van der Waals surface area contributed by atoms with Crippen molar-refractivity contribution in [1.29, 1.82) is 0 Å². The highest BCUT2D eigenvalue weighted by molar-refractivity contribution is 5.83. The van der Waals surface area contributed by atoms with Gasteiger partial charge in [-0.15, -0.1) is 0 Å². The lowest BCUT2D eigenvalue weighted by Gasteiger charge is -2.26. The molecule has 9 heteroatoms. The molecule has 0 unspecified atom stereocenters. The fourth-order valence-electron chi connectivity index (χ4n) is 3.37. The maximum atomic E-state index is 10.5. The van der Waals surface area contributed by atoms with E-state index in [9.17, 15) is 10.2 Å². The van der Waals surface area contributed by atoms with Crippen molar-refractivity contribution in [3.8, 4) is 0 Å². The van der Waals surface area contributed by atoms with E-state index in [1.807, 2.05) is 44.2 Å². The summed E-state index contributed by atoms with van der Waals surface area (Å²) in [7, 11) is 0. The molecule has 0 saturated carbocycles. The second-order valence-corrected chi connectivity index (χ2v) is 7.14. The predicted molar refractivity (Wildman–Crippen MR) is 104 cm³/mol. The van der Waals surface area contributed by atoms with Crippen molar-refractivity contribution in [3.63, 3.8) is 0 Å². The number of nitrogens with zero attached hydrogens (tertiary/aromatic N) is 3.